The Bertz CT molecular complexity index is 567. The summed E-state index contributed by atoms with van der Waals surface area (Å²) in [6.07, 6.45) is 11.5. The summed E-state index contributed by atoms with van der Waals surface area (Å²) in [5, 5.41) is 0.545. The molecule has 0 radical (unpaired) electrons. The molecule has 144 valence electrons. The van der Waals surface area contributed by atoms with Crippen LogP contribution in [0.1, 0.15) is 52.5 Å². The van der Waals surface area contributed by atoms with Crippen molar-refractivity contribution >= 4 is 17.5 Å². The summed E-state index contributed by atoms with van der Waals surface area (Å²) in [5.41, 5.74) is 1.32. The Morgan fingerprint density at radius 2 is 1.81 bits per heavy atom. The van der Waals surface area contributed by atoms with E-state index < -0.39 is 0 Å². The first-order chi connectivity index (χ1) is 12.7. The molecular weight excluding hydrogens is 338 g/mol. The second-order valence-electron chi connectivity index (χ2n) is 6.31. The van der Waals surface area contributed by atoms with E-state index in [9.17, 15) is 4.79 Å². The van der Waals surface area contributed by atoms with Gasteiger partial charge in [0, 0.05) is 23.6 Å². The fraction of sp³-hybridized carbons (Fsp3) is 0.522. The lowest BCUT2D eigenvalue weighted by molar-refractivity contribution is -0.124. The van der Waals surface area contributed by atoms with Gasteiger partial charge in [0.1, 0.15) is 5.78 Å². The van der Waals surface area contributed by atoms with Crippen LogP contribution in [0.25, 0.3) is 0 Å². The normalized spacial score (nSPS) is 21.7. The Kier molecular flexibility index (Phi) is 11.3. The molecule has 1 saturated heterocycles. The van der Waals surface area contributed by atoms with E-state index in [4.69, 9.17) is 0 Å². The van der Waals surface area contributed by atoms with Gasteiger partial charge in [0.15, 0.2) is 0 Å². The Morgan fingerprint density at radius 3 is 2.35 bits per heavy atom. The number of rotatable bonds is 5. The van der Waals surface area contributed by atoms with Crippen LogP contribution in [0.2, 0.25) is 0 Å². The molecule has 1 heterocycles. The van der Waals surface area contributed by atoms with Gasteiger partial charge in [0.05, 0.1) is 6.04 Å². The van der Waals surface area contributed by atoms with Gasteiger partial charge in [0.2, 0.25) is 0 Å². The highest BCUT2D eigenvalue weighted by atomic mass is 32.2. The van der Waals surface area contributed by atoms with Gasteiger partial charge in [-0.1, -0.05) is 94.3 Å². The van der Waals surface area contributed by atoms with Crippen molar-refractivity contribution in [3.63, 3.8) is 0 Å². The third-order valence-electron chi connectivity index (χ3n) is 4.48. The van der Waals surface area contributed by atoms with Crippen LogP contribution >= 0.6 is 11.8 Å². The number of carbonyl (C=O) groups is 1. The molecule has 1 aliphatic carbocycles. The van der Waals surface area contributed by atoms with Crippen LogP contribution in [0.3, 0.4) is 0 Å². The number of ketones is 1. The number of carbonyl (C=O) groups excluding carboxylic acids is 1. The first-order valence-electron chi connectivity index (χ1n) is 9.94. The number of fused-ring (bicyclic) bond motifs is 1. The van der Waals surface area contributed by atoms with Gasteiger partial charge >= 0.3 is 0 Å². The molecule has 26 heavy (non-hydrogen) atoms. The van der Waals surface area contributed by atoms with Gasteiger partial charge in [-0.25, -0.2) is 0 Å². The number of hydrogen-bond donors (Lipinski definition) is 0. The van der Waals surface area contributed by atoms with E-state index in [1.54, 1.807) is 0 Å². The van der Waals surface area contributed by atoms with Crippen LogP contribution in [0.5, 0.6) is 0 Å². The van der Waals surface area contributed by atoms with Gasteiger partial charge in [0.25, 0.3) is 0 Å². The average Bonchev–Trinajstić information content (AvgIpc) is 3.12. The number of allylic oxidation sites excluding steroid dienone is 2. The van der Waals surface area contributed by atoms with Crippen molar-refractivity contribution in [2.75, 3.05) is 5.88 Å². The molecule has 1 aromatic carbocycles. The molecule has 0 bridgehead atoms. The molecule has 3 atom stereocenters. The fourth-order valence-corrected chi connectivity index (χ4v) is 4.48. The molecule has 1 aliphatic heterocycles. The topological polar surface area (TPSA) is 20.3 Å². The van der Waals surface area contributed by atoms with Crippen LogP contribution in [0.4, 0.5) is 0 Å². The summed E-state index contributed by atoms with van der Waals surface area (Å²) >= 11 is 1.95. The predicted octanol–water partition coefficient (Wildman–Crippen LogP) is 6.02. The number of hydrogen-bond acceptors (Lipinski definition) is 3. The van der Waals surface area contributed by atoms with Crippen molar-refractivity contribution in [2.24, 2.45) is 0 Å². The highest BCUT2D eigenvalue weighted by molar-refractivity contribution is 8.00. The summed E-state index contributed by atoms with van der Waals surface area (Å²) in [7, 11) is 0. The summed E-state index contributed by atoms with van der Waals surface area (Å²) in [6, 6.07) is 10.8. The maximum atomic E-state index is 12.1. The Hall–Kier alpha value is -1.32. The van der Waals surface area contributed by atoms with E-state index in [1.807, 2.05) is 50.7 Å². The Balaban J connectivity index is 0.000000313. The molecule has 2 nitrogen and oxygen atoms in total. The summed E-state index contributed by atoms with van der Waals surface area (Å²) in [5.74, 6) is 1.39. The van der Waals surface area contributed by atoms with E-state index in [2.05, 4.69) is 55.2 Å². The fourth-order valence-electron chi connectivity index (χ4n) is 3.14. The molecule has 0 N–H and O–H groups in total. The minimum Gasteiger partial charge on any atom is -0.298 e. The van der Waals surface area contributed by atoms with Crippen LogP contribution in [-0.4, -0.2) is 33.9 Å². The summed E-state index contributed by atoms with van der Waals surface area (Å²) < 4.78 is 0. The molecule has 0 spiro atoms. The number of aryl methyl sites for hydroxylation is 1. The molecule has 3 unspecified atom stereocenters. The zero-order chi connectivity index (χ0) is 19.4. The first-order valence-corrected chi connectivity index (χ1v) is 11.0. The third kappa shape index (κ3) is 6.77. The SMILES string of the molecule is CC.CCCC(C(=O)CC)N1CSC2C=CC=CC21.Cc1ccccc1. The lowest BCUT2D eigenvalue weighted by atomic mass is 9.99. The molecule has 1 fully saturated rings. The van der Waals surface area contributed by atoms with Crippen molar-refractivity contribution in [1.82, 2.24) is 4.90 Å². The smallest absolute Gasteiger partial charge is 0.149 e. The molecule has 1 aromatic rings. The number of Topliss-reactive ketones (excluding diaryl/α,β-unsaturated/α-hetero) is 1. The summed E-state index contributed by atoms with van der Waals surface area (Å²) in [4.78, 5) is 14.5. The zero-order valence-corrected chi connectivity index (χ0v) is 17.8. The highest BCUT2D eigenvalue weighted by Gasteiger charge is 2.38. The molecule has 3 heteroatoms. The molecule has 2 aliphatic rings. The van der Waals surface area contributed by atoms with E-state index in [1.165, 1.54) is 5.56 Å². The van der Waals surface area contributed by atoms with Crippen LogP contribution in [0, 0.1) is 6.92 Å². The lowest BCUT2D eigenvalue weighted by Gasteiger charge is -2.31. The predicted molar refractivity (Wildman–Crippen MR) is 117 cm³/mol. The van der Waals surface area contributed by atoms with Crippen molar-refractivity contribution in [2.45, 2.75) is 71.2 Å². The van der Waals surface area contributed by atoms with Crippen molar-refractivity contribution in [1.29, 1.82) is 0 Å². The number of thioether (sulfide) groups is 1. The number of nitrogens with zero attached hydrogens (tertiary/aromatic N) is 1. The van der Waals surface area contributed by atoms with Gasteiger partial charge < -0.3 is 0 Å². The molecule has 3 rings (SSSR count). The highest BCUT2D eigenvalue weighted by Crippen LogP contribution is 2.35. The maximum absolute atomic E-state index is 12.1. The Morgan fingerprint density at radius 1 is 1.15 bits per heavy atom. The molecule has 0 amide bonds. The van der Waals surface area contributed by atoms with E-state index >= 15 is 0 Å². The Labute approximate surface area is 164 Å². The van der Waals surface area contributed by atoms with Gasteiger partial charge in [-0.3, -0.25) is 9.69 Å². The van der Waals surface area contributed by atoms with Crippen LogP contribution < -0.4 is 0 Å². The standard InChI is InChI=1S/C14H21NOS.C7H8.C2H6/c1-3-7-11(13(16)4-2)15-10-17-14-9-6-5-8-12(14)15;1-7-5-3-2-4-6-7;1-2/h5-6,8-9,11-12,14H,3-4,7,10H2,1-2H3;2-6H,1H3;1-2H3. The van der Waals surface area contributed by atoms with Crippen molar-refractivity contribution in [3.8, 4) is 0 Å². The molecule has 0 saturated carbocycles. The van der Waals surface area contributed by atoms with Crippen molar-refractivity contribution in [3.05, 3.63) is 60.2 Å². The van der Waals surface area contributed by atoms with Crippen molar-refractivity contribution < 1.29 is 4.79 Å². The second kappa shape index (κ2) is 12.9. The first kappa shape index (κ1) is 22.7. The van der Waals surface area contributed by atoms with Crippen LogP contribution in [0.15, 0.2) is 54.6 Å². The van der Waals surface area contributed by atoms with Crippen LogP contribution in [-0.2, 0) is 4.79 Å². The van der Waals surface area contributed by atoms with E-state index in [-0.39, 0.29) is 6.04 Å². The maximum Gasteiger partial charge on any atom is 0.149 e. The second-order valence-corrected chi connectivity index (χ2v) is 7.45. The zero-order valence-electron chi connectivity index (χ0n) is 17.0. The molecule has 0 aromatic heterocycles. The quantitative estimate of drug-likeness (QED) is 0.629. The lowest BCUT2D eigenvalue weighted by Crippen LogP contribution is -2.45. The minimum atomic E-state index is 0.128. The van der Waals surface area contributed by atoms with E-state index in [0.29, 0.717) is 23.5 Å². The average molecular weight is 374 g/mol. The minimum absolute atomic E-state index is 0.128. The largest absolute Gasteiger partial charge is 0.298 e. The van der Waals surface area contributed by atoms with Gasteiger partial charge in [-0.2, -0.15) is 0 Å². The van der Waals surface area contributed by atoms with E-state index in [0.717, 1.165) is 18.7 Å². The third-order valence-corrected chi connectivity index (χ3v) is 5.75. The van der Waals surface area contributed by atoms with Gasteiger partial charge in [-0.05, 0) is 13.3 Å². The summed E-state index contributed by atoms with van der Waals surface area (Å²) in [6.45, 7) is 10.2. The van der Waals surface area contributed by atoms with Gasteiger partial charge in [-0.15, -0.1) is 11.8 Å². The molecular formula is C23H35NOS. The monoisotopic (exact) mass is 373 g/mol. The number of benzene rings is 1.